The third-order valence-corrected chi connectivity index (χ3v) is 3.49. The number of nitrogens with one attached hydrogen (secondary N) is 1. The van der Waals surface area contributed by atoms with E-state index >= 15 is 0 Å². The number of hydrazine groups is 1. The van der Waals surface area contributed by atoms with Crippen LogP contribution in [0.4, 0.5) is 0 Å². The van der Waals surface area contributed by atoms with Crippen molar-refractivity contribution in [1.82, 2.24) is 20.2 Å². The Morgan fingerprint density at radius 3 is 2.74 bits per heavy atom. The Labute approximate surface area is 114 Å². The molecule has 0 aliphatic heterocycles. The minimum atomic E-state index is -0.172. The summed E-state index contributed by atoms with van der Waals surface area (Å²) >= 11 is 1.55. The molecule has 0 fully saturated rings. The zero-order chi connectivity index (χ0) is 13.1. The van der Waals surface area contributed by atoms with Crippen LogP contribution < -0.4 is 11.3 Å². The summed E-state index contributed by atoms with van der Waals surface area (Å²) in [6.07, 6.45) is 1.76. The number of nitrogens with two attached hydrogens (primary N) is 1. The van der Waals surface area contributed by atoms with Gasteiger partial charge in [0.05, 0.1) is 22.6 Å². The highest BCUT2D eigenvalue weighted by Crippen LogP contribution is 2.23. The van der Waals surface area contributed by atoms with Gasteiger partial charge in [-0.25, -0.2) is 15.1 Å². The van der Waals surface area contributed by atoms with Gasteiger partial charge in [0.1, 0.15) is 6.04 Å². The maximum atomic E-state index is 5.68. The molecule has 0 aliphatic carbocycles. The Bertz CT molecular complexity index is 632. The van der Waals surface area contributed by atoms with Crippen LogP contribution in [0.25, 0.3) is 5.69 Å². The fraction of sp³-hybridized carbons (Fsp3) is 0.0769. The van der Waals surface area contributed by atoms with Crippen molar-refractivity contribution in [2.45, 2.75) is 6.04 Å². The maximum Gasteiger partial charge on any atom is 0.106 e. The Hall–Kier alpha value is -2.02. The van der Waals surface area contributed by atoms with Crippen LogP contribution >= 0.6 is 11.3 Å². The molecule has 2 aromatic heterocycles. The Kier molecular flexibility index (Phi) is 3.37. The molecule has 0 saturated carbocycles. The van der Waals surface area contributed by atoms with Gasteiger partial charge in [0.15, 0.2) is 0 Å². The Morgan fingerprint density at radius 2 is 2.05 bits per heavy atom. The van der Waals surface area contributed by atoms with Crippen LogP contribution in [0.5, 0.6) is 0 Å². The van der Waals surface area contributed by atoms with Gasteiger partial charge in [0.25, 0.3) is 0 Å². The second kappa shape index (κ2) is 5.31. The van der Waals surface area contributed by atoms with Gasteiger partial charge in [-0.05, 0) is 18.2 Å². The van der Waals surface area contributed by atoms with Gasteiger partial charge in [-0.1, -0.05) is 18.2 Å². The molecule has 2 heterocycles. The Morgan fingerprint density at radius 1 is 1.21 bits per heavy atom. The van der Waals surface area contributed by atoms with E-state index in [0.717, 1.165) is 17.1 Å². The zero-order valence-electron chi connectivity index (χ0n) is 10.1. The molecule has 0 spiro atoms. The van der Waals surface area contributed by atoms with E-state index in [1.807, 2.05) is 46.5 Å². The van der Waals surface area contributed by atoms with Crippen LogP contribution in [0.15, 0.2) is 53.5 Å². The summed E-state index contributed by atoms with van der Waals surface area (Å²) in [5, 5.41) is 6.34. The van der Waals surface area contributed by atoms with E-state index in [1.54, 1.807) is 23.0 Å². The third-order valence-electron chi connectivity index (χ3n) is 2.88. The smallest absolute Gasteiger partial charge is 0.106 e. The van der Waals surface area contributed by atoms with E-state index < -0.39 is 0 Å². The number of hydrogen-bond donors (Lipinski definition) is 2. The lowest BCUT2D eigenvalue weighted by atomic mass is 10.1. The molecule has 3 N–H and O–H groups in total. The number of benzene rings is 1. The number of thiazole rings is 1. The number of para-hydroxylation sites is 1. The van der Waals surface area contributed by atoms with Crippen LogP contribution in [0, 0.1) is 0 Å². The molecule has 1 aromatic carbocycles. The molecule has 0 bridgehead atoms. The van der Waals surface area contributed by atoms with Gasteiger partial charge in [-0.3, -0.25) is 5.84 Å². The number of aromatic nitrogens is 3. The van der Waals surface area contributed by atoms with E-state index in [1.165, 1.54) is 0 Å². The highest BCUT2D eigenvalue weighted by molar-refractivity contribution is 7.07. The van der Waals surface area contributed by atoms with E-state index in [4.69, 9.17) is 5.84 Å². The molecule has 0 radical (unpaired) electrons. The summed E-state index contributed by atoms with van der Waals surface area (Å²) in [5.41, 5.74) is 7.44. The van der Waals surface area contributed by atoms with Gasteiger partial charge in [0.2, 0.25) is 0 Å². The van der Waals surface area contributed by atoms with Crippen molar-refractivity contribution >= 4 is 11.3 Å². The first-order chi connectivity index (χ1) is 9.40. The lowest BCUT2D eigenvalue weighted by molar-refractivity contribution is 0.587. The molecule has 1 atom stereocenters. The van der Waals surface area contributed by atoms with Crippen molar-refractivity contribution in [3.63, 3.8) is 0 Å². The predicted molar refractivity (Wildman–Crippen MR) is 74.8 cm³/mol. The van der Waals surface area contributed by atoms with Gasteiger partial charge < -0.3 is 0 Å². The molecule has 0 aliphatic rings. The largest absolute Gasteiger partial charge is 0.270 e. The van der Waals surface area contributed by atoms with Crippen molar-refractivity contribution in [3.8, 4) is 5.69 Å². The summed E-state index contributed by atoms with van der Waals surface area (Å²) in [6.45, 7) is 0. The van der Waals surface area contributed by atoms with Crippen LogP contribution in [-0.4, -0.2) is 14.8 Å². The SMILES string of the molecule is NNC(c1cscn1)c1ccnn1-c1ccccc1. The minimum Gasteiger partial charge on any atom is -0.270 e. The first-order valence-corrected chi connectivity index (χ1v) is 6.78. The number of rotatable bonds is 4. The maximum absolute atomic E-state index is 5.68. The molecular formula is C13H13N5S. The van der Waals surface area contributed by atoms with Crippen LogP contribution in [0.3, 0.4) is 0 Å². The normalized spacial score (nSPS) is 12.5. The molecule has 3 rings (SSSR count). The van der Waals surface area contributed by atoms with Gasteiger partial charge in [0, 0.05) is 11.6 Å². The van der Waals surface area contributed by atoms with Crippen molar-refractivity contribution in [1.29, 1.82) is 0 Å². The number of hydrogen-bond acceptors (Lipinski definition) is 5. The van der Waals surface area contributed by atoms with Gasteiger partial charge >= 0.3 is 0 Å². The lowest BCUT2D eigenvalue weighted by Gasteiger charge is -2.15. The van der Waals surface area contributed by atoms with Crippen molar-refractivity contribution in [2.24, 2.45) is 5.84 Å². The summed E-state index contributed by atoms with van der Waals surface area (Å²) in [7, 11) is 0. The molecular weight excluding hydrogens is 258 g/mol. The third kappa shape index (κ3) is 2.28. The quantitative estimate of drug-likeness (QED) is 0.561. The van der Waals surface area contributed by atoms with E-state index in [2.05, 4.69) is 15.5 Å². The molecule has 96 valence electrons. The standard InChI is InChI=1S/C13H13N5S/c14-17-13(11-8-19-9-15-11)12-6-7-16-18(12)10-4-2-1-3-5-10/h1-9,13,17H,14H2. The van der Waals surface area contributed by atoms with Crippen LogP contribution in [0.1, 0.15) is 17.4 Å². The fourth-order valence-corrected chi connectivity index (χ4v) is 2.58. The molecule has 1 unspecified atom stereocenters. The molecule has 19 heavy (non-hydrogen) atoms. The number of nitrogens with zero attached hydrogens (tertiary/aromatic N) is 3. The van der Waals surface area contributed by atoms with E-state index in [9.17, 15) is 0 Å². The molecule has 6 heteroatoms. The first kappa shape index (κ1) is 12.0. The summed E-state index contributed by atoms with van der Waals surface area (Å²) in [4.78, 5) is 4.31. The average Bonchev–Trinajstić information content (AvgIpc) is 3.12. The van der Waals surface area contributed by atoms with Crippen molar-refractivity contribution in [2.75, 3.05) is 0 Å². The summed E-state index contributed by atoms with van der Waals surface area (Å²) in [5.74, 6) is 5.68. The minimum absolute atomic E-state index is 0.172. The highest BCUT2D eigenvalue weighted by Gasteiger charge is 2.19. The van der Waals surface area contributed by atoms with Gasteiger partial charge in [-0.15, -0.1) is 11.3 Å². The summed E-state index contributed by atoms with van der Waals surface area (Å²) < 4.78 is 1.86. The highest BCUT2D eigenvalue weighted by atomic mass is 32.1. The van der Waals surface area contributed by atoms with Gasteiger partial charge in [-0.2, -0.15) is 5.10 Å². The molecule has 0 saturated heterocycles. The molecule has 5 nitrogen and oxygen atoms in total. The monoisotopic (exact) mass is 271 g/mol. The second-order valence-electron chi connectivity index (χ2n) is 4.02. The summed E-state index contributed by atoms with van der Waals surface area (Å²) in [6, 6.07) is 11.7. The van der Waals surface area contributed by atoms with Crippen LogP contribution in [0.2, 0.25) is 0 Å². The zero-order valence-corrected chi connectivity index (χ0v) is 10.9. The van der Waals surface area contributed by atoms with E-state index in [-0.39, 0.29) is 6.04 Å². The lowest BCUT2D eigenvalue weighted by Crippen LogP contribution is -2.30. The van der Waals surface area contributed by atoms with E-state index in [0.29, 0.717) is 0 Å². The second-order valence-corrected chi connectivity index (χ2v) is 4.74. The molecule has 3 aromatic rings. The predicted octanol–water partition coefficient (Wildman–Crippen LogP) is 1.88. The Balaban J connectivity index is 2.04. The average molecular weight is 271 g/mol. The topological polar surface area (TPSA) is 68.8 Å². The molecule has 0 amide bonds. The van der Waals surface area contributed by atoms with Crippen LogP contribution in [-0.2, 0) is 0 Å². The van der Waals surface area contributed by atoms with Crippen molar-refractivity contribution in [3.05, 3.63) is 64.9 Å². The van der Waals surface area contributed by atoms with Crippen molar-refractivity contribution < 1.29 is 0 Å². The first-order valence-electron chi connectivity index (χ1n) is 5.83. The fourth-order valence-electron chi connectivity index (χ4n) is 2.00.